The SMILES string of the molecule is CCCCCCCCCCCCCCCCCCCCCC/C=C/C(O)C(COC1OC(CO)C(OC2OC(CO)C(OC3OC(CO)C(O)C(O)C3O)C(O)C2O)C(O)C1O)NC(=O)CCCCCCCCCCCCCCCCCCCCCCCCCCCCCCCCCCCCCCC. The predicted molar refractivity (Wildman–Crippen MR) is 416 cm³/mol. The van der Waals surface area contributed by atoms with Crippen LogP contribution in [-0.2, 0) is 33.2 Å². The molecule has 3 saturated heterocycles. The molecule has 0 bridgehead atoms. The molecule has 0 saturated carbocycles. The molecule has 1 amide bonds. The van der Waals surface area contributed by atoms with Gasteiger partial charge in [-0.2, -0.15) is 0 Å². The van der Waals surface area contributed by atoms with Gasteiger partial charge < -0.3 is 89.9 Å². The van der Waals surface area contributed by atoms with Gasteiger partial charge in [0.25, 0.3) is 0 Å². The molecule has 3 aliphatic heterocycles. The highest BCUT2D eigenvalue weighted by atomic mass is 16.8. The molecule has 3 rings (SSSR count). The van der Waals surface area contributed by atoms with E-state index < -0.39 is 124 Å². The highest BCUT2D eigenvalue weighted by molar-refractivity contribution is 5.76. The summed E-state index contributed by atoms with van der Waals surface area (Å²) in [5, 5.41) is 121. The Bertz CT molecular complexity index is 1920. The van der Waals surface area contributed by atoms with Gasteiger partial charge in [0.05, 0.1) is 38.6 Å². The quantitative estimate of drug-likeness (QED) is 0.0199. The minimum Gasteiger partial charge on any atom is -0.394 e. The monoisotopic (exact) mass is 1490 g/mol. The van der Waals surface area contributed by atoms with E-state index in [1.54, 1.807) is 6.08 Å². The lowest BCUT2D eigenvalue weighted by atomic mass is 9.96. The van der Waals surface area contributed by atoms with Gasteiger partial charge in [0.1, 0.15) is 73.2 Å². The summed E-state index contributed by atoms with van der Waals surface area (Å²) in [6.07, 6.45) is 53.7. The van der Waals surface area contributed by atoms with E-state index >= 15 is 0 Å². The second-order valence-electron chi connectivity index (χ2n) is 31.7. The van der Waals surface area contributed by atoms with Crippen LogP contribution in [0.1, 0.15) is 393 Å². The summed E-state index contributed by atoms with van der Waals surface area (Å²) in [7, 11) is 0. The summed E-state index contributed by atoms with van der Waals surface area (Å²) in [5.74, 6) is -0.265. The zero-order valence-corrected chi connectivity index (χ0v) is 66.3. The van der Waals surface area contributed by atoms with E-state index in [9.17, 15) is 61.0 Å². The van der Waals surface area contributed by atoms with Gasteiger partial charge in [0, 0.05) is 6.42 Å². The summed E-state index contributed by atoms with van der Waals surface area (Å²) in [4.78, 5) is 13.5. The van der Waals surface area contributed by atoms with E-state index in [4.69, 9.17) is 28.4 Å². The number of allylic oxidation sites excluding steroid dienone is 1. The number of amides is 1. The second-order valence-corrected chi connectivity index (χ2v) is 31.7. The number of nitrogens with one attached hydrogen (secondary N) is 1. The van der Waals surface area contributed by atoms with Crippen molar-refractivity contribution in [2.24, 2.45) is 0 Å². The first-order chi connectivity index (χ1) is 50.8. The molecule has 0 aliphatic carbocycles. The Morgan fingerprint density at radius 1 is 0.337 bits per heavy atom. The number of carbonyl (C=O) groups is 1. The normalized spacial score (nSPS) is 25.9. The molecule has 17 atom stereocenters. The lowest BCUT2D eigenvalue weighted by Gasteiger charge is -2.48. The fourth-order valence-corrected chi connectivity index (χ4v) is 15.3. The molecule has 0 aromatic rings. The van der Waals surface area contributed by atoms with Crippen molar-refractivity contribution in [1.82, 2.24) is 5.32 Å². The number of hydrogen-bond donors (Lipinski definition) is 12. The maximum atomic E-state index is 13.5. The van der Waals surface area contributed by atoms with Crippen molar-refractivity contribution < 1.29 is 89.4 Å². The Labute approximate surface area is 633 Å². The smallest absolute Gasteiger partial charge is 0.220 e. The van der Waals surface area contributed by atoms with Crippen LogP contribution in [-0.4, -0.2) is 193 Å². The van der Waals surface area contributed by atoms with Crippen molar-refractivity contribution in [3.8, 4) is 0 Å². The number of aliphatic hydroxyl groups excluding tert-OH is 11. The van der Waals surface area contributed by atoms with Crippen LogP contribution in [0.3, 0.4) is 0 Å². The Balaban J connectivity index is 1.31. The van der Waals surface area contributed by atoms with E-state index in [2.05, 4.69) is 19.2 Å². The number of aliphatic hydroxyl groups is 11. The van der Waals surface area contributed by atoms with Crippen LogP contribution in [0.2, 0.25) is 0 Å². The van der Waals surface area contributed by atoms with Crippen LogP contribution >= 0.6 is 0 Å². The van der Waals surface area contributed by atoms with Gasteiger partial charge in [-0.05, 0) is 19.3 Å². The fraction of sp³-hybridized carbons (Fsp3) is 0.965. The summed E-state index contributed by atoms with van der Waals surface area (Å²) >= 11 is 0. The molecule has 3 heterocycles. The highest BCUT2D eigenvalue weighted by Gasteiger charge is 2.54. The third-order valence-corrected chi connectivity index (χ3v) is 22.3. The first-order valence-electron chi connectivity index (χ1n) is 43.9. The summed E-state index contributed by atoms with van der Waals surface area (Å²) in [6.45, 7) is 1.81. The lowest BCUT2D eigenvalue weighted by molar-refractivity contribution is -0.379. The predicted octanol–water partition coefficient (Wildman–Crippen LogP) is 15.9. The maximum Gasteiger partial charge on any atom is 0.220 e. The van der Waals surface area contributed by atoms with Gasteiger partial charge >= 0.3 is 0 Å². The molecule has 12 N–H and O–H groups in total. The molecule has 3 fully saturated rings. The number of carbonyl (C=O) groups excluding carboxylic acids is 1. The molecule has 0 radical (unpaired) electrons. The zero-order chi connectivity index (χ0) is 75.3. The minimum absolute atomic E-state index is 0.250. The Morgan fingerprint density at radius 3 is 0.904 bits per heavy atom. The van der Waals surface area contributed by atoms with Crippen LogP contribution in [0, 0.1) is 0 Å². The van der Waals surface area contributed by atoms with Crippen LogP contribution in [0.25, 0.3) is 0 Å². The molecule has 19 nitrogen and oxygen atoms in total. The molecule has 0 spiro atoms. The van der Waals surface area contributed by atoms with Gasteiger partial charge in [0.2, 0.25) is 5.91 Å². The van der Waals surface area contributed by atoms with E-state index in [-0.39, 0.29) is 18.9 Å². The lowest BCUT2D eigenvalue weighted by Crippen LogP contribution is -2.66. The molecule has 17 unspecified atom stereocenters. The van der Waals surface area contributed by atoms with Gasteiger partial charge in [-0.3, -0.25) is 4.79 Å². The summed E-state index contributed by atoms with van der Waals surface area (Å²) in [5.41, 5.74) is 0. The maximum absolute atomic E-state index is 13.5. The molecule has 104 heavy (non-hydrogen) atoms. The van der Waals surface area contributed by atoms with Crippen molar-refractivity contribution in [3.05, 3.63) is 12.2 Å². The number of rotatable bonds is 72. The van der Waals surface area contributed by atoms with E-state index in [0.717, 1.165) is 44.9 Å². The molecular weight excluding hydrogens is 1320 g/mol. The van der Waals surface area contributed by atoms with Crippen molar-refractivity contribution in [1.29, 1.82) is 0 Å². The van der Waals surface area contributed by atoms with E-state index in [1.165, 1.54) is 321 Å². The van der Waals surface area contributed by atoms with Crippen LogP contribution < -0.4 is 5.32 Å². The number of ether oxygens (including phenoxy) is 6. The largest absolute Gasteiger partial charge is 0.394 e. The molecule has 19 heteroatoms. The third-order valence-electron chi connectivity index (χ3n) is 22.3. The topological polar surface area (TPSA) is 307 Å². The molecule has 0 aromatic carbocycles. The number of unbranched alkanes of at least 4 members (excludes halogenated alkanes) is 56. The second kappa shape index (κ2) is 66.2. The van der Waals surface area contributed by atoms with Crippen molar-refractivity contribution >= 4 is 5.91 Å². The van der Waals surface area contributed by atoms with Crippen molar-refractivity contribution in [2.75, 3.05) is 26.4 Å². The molecule has 616 valence electrons. The average Bonchev–Trinajstić information content (AvgIpc) is 0.782. The Kier molecular flexibility index (Phi) is 61.5. The van der Waals surface area contributed by atoms with Gasteiger partial charge in [-0.1, -0.05) is 379 Å². The van der Waals surface area contributed by atoms with Gasteiger partial charge in [-0.25, -0.2) is 0 Å². The van der Waals surface area contributed by atoms with Crippen molar-refractivity contribution in [3.63, 3.8) is 0 Å². The molecule has 3 aliphatic rings. The van der Waals surface area contributed by atoms with Crippen LogP contribution in [0.4, 0.5) is 0 Å². The van der Waals surface area contributed by atoms with Gasteiger partial charge in [-0.15, -0.1) is 0 Å². The van der Waals surface area contributed by atoms with E-state index in [0.29, 0.717) is 6.42 Å². The van der Waals surface area contributed by atoms with Crippen LogP contribution in [0.5, 0.6) is 0 Å². The van der Waals surface area contributed by atoms with Gasteiger partial charge in [0.15, 0.2) is 18.9 Å². The minimum atomic E-state index is -1.98. The number of hydrogen-bond acceptors (Lipinski definition) is 18. The zero-order valence-electron chi connectivity index (χ0n) is 66.3. The van der Waals surface area contributed by atoms with Crippen LogP contribution in [0.15, 0.2) is 12.2 Å². The first-order valence-corrected chi connectivity index (χ1v) is 43.9. The fourth-order valence-electron chi connectivity index (χ4n) is 15.3. The van der Waals surface area contributed by atoms with E-state index in [1.807, 2.05) is 6.08 Å². The van der Waals surface area contributed by atoms with Crippen molar-refractivity contribution in [2.45, 2.75) is 497 Å². The molecular formula is C85H163NO18. The third kappa shape index (κ3) is 45.1. The standard InChI is InChI=1S/C85H163NO18/c1-3-5-7-9-11-13-15-17-19-21-23-25-27-28-29-30-31-32-33-34-35-36-37-38-39-40-41-43-45-47-49-51-53-55-57-59-61-63-73(91)86-68(69(90)62-60-58-56-54-52-50-48-46-44-42-26-24-22-20-18-16-14-12-10-8-6-4-2)67-99-83-79(97)76(94)81(71(65-88)101-83)104-85-80(98)77(95)82(72(66-89)102-85)103-84-78(96)75(93)74(92)70(64-87)100-84/h60,62,68-72,74-85,87-90,92-98H,3-59,61,63-67H2,1-2H3,(H,86,91)/b62-60+. The summed E-state index contributed by atoms with van der Waals surface area (Å²) < 4.78 is 34.5. The highest BCUT2D eigenvalue weighted by Crippen LogP contribution is 2.34. The summed E-state index contributed by atoms with van der Waals surface area (Å²) in [6, 6.07) is -0.971. The Morgan fingerprint density at radius 2 is 0.596 bits per heavy atom. The Hall–Kier alpha value is -1.47. The average molecular weight is 1490 g/mol. The molecule has 0 aromatic heterocycles. The first kappa shape index (κ1) is 96.7.